The molecule has 4 rings (SSSR count). The molecule has 6 nitrogen and oxygen atoms in total. The Morgan fingerprint density at radius 1 is 1.00 bits per heavy atom. The Kier molecular flexibility index (Phi) is 4.28. The molecule has 1 aliphatic heterocycles. The van der Waals surface area contributed by atoms with Crippen molar-refractivity contribution in [2.75, 3.05) is 36.4 Å². The van der Waals surface area contributed by atoms with Crippen molar-refractivity contribution in [3.63, 3.8) is 0 Å². The van der Waals surface area contributed by atoms with Crippen molar-refractivity contribution in [1.82, 2.24) is 9.88 Å². The molecule has 0 radical (unpaired) electrons. The lowest BCUT2D eigenvalue weighted by molar-refractivity contribution is 0.102. The van der Waals surface area contributed by atoms with Crippen molar-refractivity contribution in [2.45, 2.75) is 18.9 Å². The molecule has 1 aromatic heterocycles. The second-order valence-corrected chi connectivity index (χ2v) is 6.70. The maximum absolute atomic E-state index is 12.2. The van der Waals surface area contributed by atoms with E-state index in [9.17, 15) is 9.59 Å². The summed E-state index contributed by atoms with van der Waals surface area (Å²) in [5, 5.41) is 2.85. The highest BCUT2D eigenvalue weighted by molar-refractivity contribution is 6.04. The quantitative estimate of drug-likeness (QED) is 0.894. The average Bonchev–Trinajstić information content (AvgIpc) is 3.48. The van der Waals surface area contributed by atoms with Crippen LogP contribution in [-0.2, 0) is 0 Å². The van der Waals surface area contributed by atoms with Gasteiger partial charge in [-0.3, -0.25) is 14.5 Å². The summed E-state index contributed by atoms with van der Waals surface area (Å²) in [7, 11) is 0. The molecule has 2 heterocycles. The Morgan fingerprint density at radius 3 is 2.32 bits per heavy atom. The zero-order valence-electron chi connectivity index (χ0n) is 14.1. The first-order valence-electron chi connectivity index (χ1n) is 8.78. The van der Waals surface area contributed by atoms with Crippen LogP contribution in [0.2, 0.25) is 0 Å². The summed E-state index contributed by atoms with van der Waals surface area (Å²) in [6, 6.07) is 11.7. The summed E-state index contributed by atoms with van der Waals surface area (Å²) in [5.74, 6) is -0.234. The van der Waals surface area contributed by atoms with Gasteiger partial charge in [0.15, 0.2) is 0 Å². The lowest BCUT2D eigenvalue weighted by atomic mass is 10.2. The van der Waals surface area contributed by atoms with Gasteiger partial charge in [-0.05, 0) is 43.2 Å². The molecule has 0 bridgehead atoms. The van der Waals surface area contributed by atoms with Gasteiger partial charge in [-0.2, -0.15) is 0 Å². The summed E-state index contributed by atoms with van der Waals surface area (Å²) in [4.78, 5) is 30.7. The normalized spacial score (nSPS) is 18.2. The van der Waals surface area contributed by atoms with Crippen molar-refractivity contribution >= 4 is 17.3 Å². The first kappa shape index (κ1) is 15.9. The number of hydrogen-bond donors (Lipinski definition) is 2. The van der Waals surface area contributed by atoms with E-state index in [1.165, 1.54) is 36.9 Å². The highest BCUT2D eigenvalue weighted by atomic mass is 16.1. The van der Waals surface area contributed by atoms with Crippen LogP contribution in [0, 0.1) is 0 Å². The maximum atomic E-state index is 12.2. The van der Waals surface area contributed by atoms with Crippen LogP contribution in [0.4, 0.5) is 11.4 Å². The van der Waals surface area contributed by atoms with Gasteiger partial charge in [0, 0.05) is 55.9 Å². The van der Waals surface area contributed by atoms with Crippen molar-refractivity contribution < 1.29 is 4.79 Å². The van der Waals surface area contributed by atoms with E-state index in [2.05, 4.69) is 32.2 Å². The largest absolute Gasteiger partial charge is 0.369 e. The number of hydrogen-bond acceptors (Lipinski definition) is 4. The third-order valence-corrected chi connectivity index (χ3v) is 4.91. The number of benzene rings is 1. The SMILES string of the molecule is O=C(Nc1ccc(N2CCN(C3CC3)CC2)cc1)c1ccc(=O)[nH]c1. The number of rotatable bonds is 4. The molecule has 130 valence electrons. The number of H-pyrrole nitrogens is 1. The molecule has 0 spiro atoms. The lowest BCUT2D eigenvalue weighted by Crippen LogP contribution is -2.47. The van der Waals surface area contributed by atoms with Crippen molar-refractivity contribution in [3.05, 3.63) is 58.5 Å². The third-order valence-electron chi connectivity index (χ3n) is 4.91. The first-order chi connectivity index (χ1) is 12.2. The summed E-state index contributed by atoms with van der Waals surface area (Å²) in [5.41, 5.74) is 2.15. The zero-order valence-corrected chi connectivity index (χ0v) is 14.1. The zero-order chi connectivity index (χ0) is 17.2. The minimum atomic E-state index is -0.234. The number of nitrogens with one attached hydrogen (secondary N) is 2. The van der Waals surface area contributed by atoms with Crippen LogP contribution in [0.25, 0.3) is 0 Å². The monoisotopic (exact) mass is 338 g/mol. The van der Waals surface area contributed by atoms with Crippen molar-refractivity contribution in [1.29, 1.82) is 0 Å². The fraction of sp³-hybridized carbons (Fsp3) is 0.368. The molecule has 1 saturated heterocycles. The Balaban J connectivity index is 1.36. The second-order valence-electron chi connectivity index (χ2n) is 6.70. The number of anilines is 2. The predicted molar refractivity (Wildman–Crippen MR) is 98.3 cm³/mol. The van der Waals surface area contributed by atoms with E-state index in [1.807, 2.05) is 12.1 Å². The Bertz CT molecular complexity index is 782. The lowest BCUT2D eigenvalue weighted by Gasteiger charge is -2.36. The van der Waals surface area contributed by atoms with Crippen LogP contribution in [0.5, 0.6) is 0 Å². The van der Waals surface area contributed by atoms with Gasteiger partial charge in [0.05, 0.1) is 5.56 Å². The fourth-order valence-electron chi connectivity index (χ4n) is 3.30. The van der Waals surface area contributed by atoms with Gasteiger partial charge in [-0.1, -0.05) is 0 Å². The van der Waals surface area contributed by atoms with Crippen LogP contribution < -0.4 is 15.8 Å². The molecular weight excluding hydrogens is 316 g/mol. The molecule has 2 aromatic rings. The molecular formula is C19H22N4O2. The van der Waals surface area contributed by atoms with Crippen molar-refractivity contribution in [2.24, 2.45) is 0 Å². The summed E-state index contributed by atoms with van der Waals surface area (Å²) < 4.78 is 0. The van der Waals surface area contributed by atoms with Crippen LogP contribution in [0.3, 0.4) is 0 Å². The van der Waals surface area contributed by atoms with E-state index in [0.29, 0.717) is 5.56 Å². The highest BCUT2D eigenvalue weighted by Crippen LogP contribution is 2.28. The molecule has 1 saturated carbocycles. The molecule has 2 fully saturated rings. The molecule has 1 aromatic carbocycles. The van der Waals surface area contributed by atoms with Gasteiger partial charge in [0.2, 0.25) is 5.56 Å². The third kappa shape index (κ3) is 3.74. The van der Waals surface area contributed by atoms with Gasteiger partial charge in [-0.25, -0.2) is 0 Å². The average molecular weight is 338 g/mol. The van der Waals surface area contributed by atoms with E-state index in [1.54, 1.807) is 0 Å². The van der Waals surface area contributed by atoms with Gasteiger partial charge in [0.1, 0.15) is 0 Å². The summed E-state index contributed by atoms with van der Waals surface area (Å²) in [6.45, 7) is 4.38. The Morgan fingerprint density at radius 2 is 1.72 bits per heavy atom. The van der Waals surface area contributed by atoms with E-state index < -0.39 is 0 Å². The van der Waals surface area contributed by atoms with Gasteiger partial charge in [0.25, 0.3) is 5.91 Å². The minimum absolute atomic E-state index is 0.220. The molecule has 1 aliphatic carbocycles. The van der Waals surface area contributed by atoms with Crippen molar-refractivity contribution in [3.8, 4) is 0 Å². The number of aromatic nitrogens is 1. The number of carbonyl (C=O) groups excluding carboxylic acids is 1. The maximum Gasteiger partial charge on any atom is 0.257 e. The van der Waals surface area contributed by atoms with E-state index in [0.717, 1.165) is 37.9 Å². The van der Waals surface area contributed by atoms with E-state index in [-0.39, 0.29) is 11.5 Å². The van der Waals surface area contributed by atoms with Gasteiger partial charge < -0.3 is 15.2 Å². The number of pyridine rings is 1. The number of amides is 1. The molecule has 25 heavy (non-hydrogen) atoms. The number of piperazine rings is 1. The molecule has 0 unspecified atom stereocenters. The Hall–Kier alpha value is -2.60. The van der Waals surface area contributed by atoms with E-state index >= 15 is 0 Å². The predicted octanol–water partition coefficient (Wildman–Crippen LogP) is 1.91. The van der Waals surface area contributed by atoms with Crippen LogP contribution >= 0.6 is 0 Å². The molecule has 1 amide bonds. The van der Waals surface area contributed by atoms with Gasteiger partial charge in [-0.15, -0.1) is 0 Å². The molecule has 6 heteroatoms. The topological polar surface area (TPSA) is 68.4 Å². The standard InChI is InChI=1S/C19H22N4O2/c24-18-8-1-14(13-20-18)19(25)21-15-2-4-16(5-3-15)22-9-11-23(12-10-22)17-6-7-17/h1-5,8,13,17H,6-7,9-12H2,(H,20,24)(H,21,25). The smallest absolute Gasteiger partial charge is 0.257 e. The highest BCUT2D eigenvalue weighted by Gasteiger charge is 2.31. The molecule has 2 aliphatic rings. The molecule has 2 N–H and O–H groups in total. The Labute approximate surface area is 146 Å². The van der Waals surface area contributed by atoms with E-state index in [4.69, 9.17) is 0 Å². The minimum Gasteiger partial charge on any atom is -0.369 e. The number of carbonyl (C=O) groups is 1. The summed E-state index contributed by atoms with van der Waals surface area (Å²) >= 11 is 0. The second kappa shape index (κ2) is 6.72. The fourth-order valence-corrected chi connectivity index (χ4v) is 3.30. The first-order valence-corrected chi connectivity index (χ1v) is 8.78. The summed E-state index contributed by atoms with van der Waals surface area (Å²) in [6.07, 6.45) is 4.15. The number of nitrogens with zero attached hydrogens (tertiary/aromatic N) is 2. The molecule has 0 atom stereocenters. The van der Waals surface area contributed by atoms with Gasteiger partial charge >= 0.3 is 0 Å². The van der Waals surface area contributed by atoms with Crippen LogP contribution in [-0.4, -0.2) is 48.0 Å². The van der Waals surface area contributed by atoms with Crippen LogP contribution in [0.1, 0.15) is 23.2 Å². The number of aromatic amines is 1. The van der Waals surface area contributed by atoms with Crippen LogP contribution in [0.15, 0.2) is 47.4 Å².